The number of fused-ring (bicyclic) bond motifs is 2. The number of para-hydroxylation sites is 1. The van der Waals surface area contributed by atoms with Gasteiger partial charge in [-0.15, -0.1) is 0 Å². The van der Waals surface area contributed by atoms with Gasteiger partial charge in [0.2, 0.25) is 0 Å². The number of ether oxygens (including phenoxy) is 1. The minimum Gasteiger partial charge on any atom is -0.487 e. The highest BCUT2D eigenvalue weighted by atomic mass is 35.5. The lowest BCUT2D eigenvalue weighted by Gasteiger charge is -2.46. The van der Waals surface area contributed by atoms with Crippen LogP contribution in [0.2, 0.25) is 5.02 Å². The Morgan fingerprint density at radius 1 is 1.19 bits per heavy atom. The van der Waals surface area contributed by atoms with E-state index in [9.17, 15) is 10.2 Å². The van der Waals surface area contributed by atoms with E-state index >= 15 is 0 Å². The number of piperidine rings is 1. The molecule has 164 valence electrons. The summed E-state index contributed by atoms with van der Waals surface area (Å²) in [5, 5.41) is 23.5. The summed E-state index contributed by atoms with van der Waals surface area (Å²) in [5.41, 5.74) is 2.59. The van der Waals surface area contributed by atoms with Gasteiger partial charge in [-0.05, 0) is 44.0 Å². The second-order valence-electron chi connectivity index (χ2n) is 8.89. The van der Waals surface area contributed by atoms with Crippen LogP contribution < -0.4 is 4.74 Å². The van der Waals surface area contributed by atoms with Crippen LogP contribution in [0.25, 0.3) is 10.9 Å². The maximum Gasteiger partial charge on any atom is 0.126 e. The Balaban J connectivity index is 1.27. The first-order valence-corrected chi connectivity index (χ1v) is 11.5. The summed E-state index contributed by atoms with van der Waals surface area (Å²) >= 11 is 6.09. The predicted molar refractivity (Wildman–Crippen MR) is 123 cm³/mol. The third-order valence-electron chi connectivity index (χ3n) is 6.94. The molecular formula is C25H29ClN2O3. The van der Waals surface area contributed by atoms with Crippen LogP contribution in [0.15, 0.2) is 48.7 Å². The van der Waals surface area contributed by atoms with Crippen LogP contribution in [0, 0.1) is 0 Å². The van der Waals surface area contributed by atoms with Crippen LogP contribution in [0.1, 0.15) is 49.5 Å². The van der Waals surface area contributed by atoms with Gasteiger partial charge in [0.25, 0.3) is 0 Å². The highest BCUT2D eigenvalue weighted by molar-refractivity contribution is 6.30. The standard InChI is InChI=1S/C25H29ClN2O3/c1-2-28-15-20(18-5-3-4-6-21(18)28)23(30)16-27-11-9-25(10-12-27)14-22(29)19-13-17(26)7-8-24(19)31-25/h3-8,13,15,22-23,29-30H,2,9-12,14,16H2,1H3/t22-,23+/m1/s1. The van der Waals surface area contributed by atoms with Crippen molar-refractivity contribution in [2.24, 2.45) is 0 Å². The van der Waals surface area contributed by atoms with Crippen molar-refractivity contribution in [3.8, 4) is 5.75 Å². The number of aromatic nitrogens is 1. The zero-order valence-electron chi connectivity index (χ0n) is 17.8. The Kier molecular flexibility index (Phi) is 5.47. The van der Waals surface area contributed by atoms with Crippen LogP contribution >= 0.6 is 11.6 Å². The fourth-order valence-electron chi connectivity index (χ4n) is 5.20. The molecule has 31 heavy (non-hydrogen) atoms. The molecule has 1 aromatic heterocycles. The maximum atomic E-state index is 11.0. The Bertz CT molecular complexity index is 1090. The summed E-state index contributed by atoms with van der Waals surface area (Å²) in [6.07, 6.45) is 3.24. The van der Waals surface area contributed by atoms with Crippen molar-refractivity contribution in [2.75, 3.05) is 19.6 Å². The molecule has 2 aliphatic rings. The number of likely N-dealkylation sites (tertiary alicyclic amines) is 1. The Labute approximate surface area is 187 Å². The summed E-state index contributed by atoms with van der Waals surface area (Å²) in [6.45, 7) is 5.27. The summed E-state index contributed by atoms with van der Waals surface area (Å²) in [7, 11) is 0. The van der Waals surface area contributed by atoms with Crippen molar-refractivity contribution in [3.63, 3.8) is 0 Å². The van der Waals surface area contributed by atoms with E-state index in [1.54, 1.807) is 6.07 Å². The number of aryl methyl sites for hydroxylation is 1. The predicted octanol–water partition coefficient (Wildman–Crippen LogP) is 4.70. The average molecular weight is 441 g/mol. The van der Waals surface area contributed by atoms with Gasteiger partial charge in [-0.25, -0.2) is 0 Å². The second kappa shape index (κ2) is 8.14. The first kappa shape index (κ1) is 20.8. The molecule has 2 aromatic carbocycles. The summed E-state index contributed by atoms with van der Waals surface area (Å²) < 4.78 is 8.58. The number of benzene rings is 2. The van der Waals surface area contributed by atoms with Gasteiger partial charge in [-0.3, -0.25) is 0 Å². The van der Waals surface area contributed by atoms with Crippen molar-refractivity contribution < 1.29 is 14.9 Å². The molecule has 2 N–H and O–H groups in total. The molecule has 3 aromatic rings. The first-order chi connectivity index (χ1) is 15.0. The number of aliphatic hydroxyl groups is 2. The van der Waals surface area contributed by atoms with Gasteiger partial charge in [-0.1, -0.05) is 29.8 Å². The van der Waals surface area contributed by atoms with E-state index in [0.29, 0.717) is 18.0 Å². The molecule has 0 saturated carbocycles. The van der Waals surface area contributed by atoms with Crippen LogP contribution in [-0.4, -0.2) is 44.9 Å². The molecule has 0 amide bonds. The van der Waals surface area contributed by atoms with E-state index in [4.69, 9.17) is 16.3 Å². The van der Waals surface area contributed by atoms with Gasteiger partial charge >= 0.3 is 0 Å². The van der Waals surface area contributed by atoms with E-state index in [-0.39, 0.29) is 5.60 Å². The quantitative estimate of drug-likeness (QED) is 0.617. The molecule has 5 rings (SSSR count). The van der Waals surface area contributed by atoms with Gasteiger partial charge in [-0.2, -0.15) is 0 Å². The van der Waals surface area contributed by atoms with Crippen LogP contribution in [0.5, 0.6) is 5.75 Å². The smallest absolute Gasteiger partial charge is 0.126 e. The van der Waals surface area contributed by atoms with Gasteiger partial charge < -0.3 is 24.4 Å². The molecule has 0 radical (unpaired) electrons. The molecule has 5 nitrogen and oxygen atoms in total. The largest absolute Gasteiger partial charge is 0.487 e. The second-order valence-corrected chi connectivity index (χ2v) is 9.33. The van der Waals surface area contributed by atoms with Crippen LogP contribution in [0.3, 0.4) is 0 Å². The van der Waals surface area contributed by atoms with Gasteiger partial charge in [0, 0.05) is 65.8 Å². The monoisotopic (exact) mass is 440 g/mol. The first-order valence-electron chi connectivity index (χ1n) is 11.1. The molecule has 3 heterocycles. The molecule has 1 saturated heterocycles. The minimum atomic E-state index is -0.556. The van der Waals surface area contributed by atoms with Crippen molar-refractivity contribution in [2.45, 2.75) is 50.5 Å². The van der Waals surface area contributed by atoms with E-state index in [2.05, 4.69) is 34.7 Å². The van der Waals surface area contributed by atoms with Crippen LogP contribution in [-0.2, 0) is 6.54 Å². The maximum absolute atomic E-state index is 11.0. The molecule has 2 atom stereocenters. The van der Waals surface area contributed by atoms with E-state index in [1.807, 2.05) is 24.3 Å². The number of nitrogens with zero attached hydrogens (tertiary/aromatic N) is 2. The lowest BCUT2D eigenvalue weighted by Crippen LogP contribution is -2.51. The number of hydrogen-bond donors (Lipinski definition) is 2. The van der Waals surface area contributed by atoms with Gasteiger partial charge in [0.05, 0.1) is 12.2 Å². The Morgan fingerprint density at radius 2 is 1.97 bits per heavy atom. The van der Waals surface area contributed by atoms with Gasteiger partial charge in [0.1, 0.15) is 11.4 Å². The van der Waals surface area contributed by atoms with Crippen LogP contribution in [0.4, 0.5) is 0 Å². The molecule has 0 aliphatic carbocycles. The van der Waals surface area contributed by atoms with Crippen molar-refractivity contribution >= 4 is 22.5 Å². The number of β-amino-alcohol motifs (C(OH)–C–C–N with tert-alkyl or cyclic N) is 1. The van der Waals surface area contributed by atoms with Gasteiger partial charge in [0.15, 0.2) is 0 Å². The fraction of sp³-hybridized carbons (Fsp3) is 0.440. The molecule has 1 spiro atoms. The zero-order valence-corrected chi connectivity index (χ0v) is 18.6. The minimum absolute atomic E-state index is 0.347. The lowest BCUT2D eigenvalue weighted by molar-refractivity contribution is -0.0587. The number of halogens is 1. The molecule has 1 fully saturated rings. The third kappa shape index (κ3) is 3.85. The zero-order chi connectivity index (χ0) is 21.6. The molecule has 0 bridgehead atoms. The topological polar surface area (TPSA) is 57.9 Å². The van der Waals surface area contributed by atoms with Crippen molar-refractivity contribution in [1.82, 2.24) is 9.47 Å². The summed E-state index contributed by atoms with van der Waals surface area (Å²) in [5.74, 6) is 0.740. The van der Waals surface area contributed by atoms with Crippen molar-refractivity contribution in [1.29, 1.82) is 0 Å². The average Bonchev–Trinajstić information content (AvgIpc) is 3.15. The van der Waals surface area contributed by atoms with E-state index < -0.39 is 12.2 Å². The Hall–Kier alpha value is -2.05. The number of hydrogen-bond acceptors (Lipinski definition) is 4. The number of aliphatic hydroxyl groups excluding tert-OH is 2. The number of rotatable bonds is 4. The SMILES string of the molecule is CCn1cc([C@@H](O)CN2CCC3(CC2)C[C@@H](O)c2cc(Cl)ccc2O3)c2ccccc21. The molecular weight excluding hydrogens is 412 g/mol. The molecule has 6 heteroatoms. The highest BCUT2D eigenvalue weighted by Crippen LogP contribution is 2.45. The summed E-state index contributed by atoms with van der Waals surface area (Å²) in [6, 6.07) is 13.7. The molecule has 0 unspecified atom stereocenters. The van der Waals surface area contributed by atoms with E-state index in [0.717, 1.165) is 54.7 Å². The summed E-state index contributed by atoms with van der Waals surface area (Å²) in [4.78, 5) is 2.31. The van der Waals surface area contributed by atoms with Crippen molar-refractivity contribution in [3.05, 3.63) is 64.8 Å². The highest BCUT2D eigenvalue weighted by Gasteiger charge is 2.43. The lowest BCUT2D eigenvalue weighted by atomic mass is 9.81. The van der Waals surface area contributed by atoms with E-state index in [1.165, 1.54) is 5.52 Å². The third-order valence-corrected chi connectivity index (χ3v) is 7.18. The molecule has 2 aliphatic heterocycles. The normalized spacial score (nSPS) is 21.7. The fourth-order valence-corrected chi connectivity index (χ4v) is 5.39. The Morgan fingerprint density at radius 3 is 2.74 bits per heavy atom.